The molecule has 8 nitrogen and oxygen atoms in total. The second-order valence-electron chi connectivity index (χ2n) is 7.59. The highest BCUT2D eigenvalue weighted by atomic mass is 16.5. The predicted octanol–water partition coefficient (Wildman–Crippen LogP) is 2.90. The zero-order chi connectivity index (χ0) is 22.5. The number of aromatic nitrogens is 4. The van der Waals surface area contributed by atoms with E-state index in [1.165, 1.54) is 10.8 Å². The largest absolute Gasteiger partial charge is 0.497 e. The van der Waals surface area contributed by atoms with Crippen molar-refractivity contribution in [2.75, 3.05) is 7.11 Å². The number of carbonyl (C=O) groups excluding carboxylic acids is 1. The number of H-pyrrole nitrogens is 1. The van der Waals surface area contributed by atoms with Gasteiger partial charge in [0.1, 0.15) is 12.1 Å². The van der Waals surface area contributed by atoms with Gasteiger partial charge in [0.05, 0.1) is 12.8 Å². The van der Waals surface area contributed by atoms with Gasteiger partial charge >= 0.3 is 0 Å². The number of nitrogens with one attached hydrogen (secondary N) is 1. The summed E-state index contributed by atoms with van der Waals surface area (Å²) in [4.78, 5) is 36.2. The lowest BCUT2D eigenvalue weighted by Gasteiger charge is -2.23. The Morgan fingerprint density at radius 2 is 1.75 bits per heavy atom. The van der Waals surface area contributed by atoms with Crippen molar-refractivity contribution in [2.45, 2.75) is 32.9 Å². The van der Waals surface area contributed by atoms with Crippen LogP contribution in [0.1, 0.15) is 28.8 Å². The summed E-state index contributed by atoms with van der Waals surface area (Å²) < 4.78 is 6.52. The molecule has 0 radical (unpaired) electrons. The molecule has 0 spiro atoms. The molecule has 0 bridgehead atoms. The normalized spacial score (nSPS) is 10.9. The number of fused-ring (bicyclic) bond motifs is 1. The number of ether oxygens (including phenoxy) is 1. The van der Waals surface area contributed by atoms with E-state index in [0.717, 1.165) is 16.9 Å². The first-order chi connectivity index (χ1) is 15.5. The van der Waals surface area contributed by atoms with E-state index in [9.17, 15) is 9.59 Å². The number of aromatic amines is 1. The standard InChI is InChI=1S/C24H25N5O3/c1-17-21(23(31)29-24(27-17)25-16-26-29)12-13-22(30)28(14-18-6-4-3-5-7-18)15-19-8-10-20(32-2)11-9-19/h3-11,16H,12-15H2,1-2H3,(H,25,26,27). The summed E-state index contributed by atoms with van der Waals surface area (Å²) in [6.45, 7) is 2.73. The number of benzene rings is 2. The fraction of sp³-hybridized carbons (Fsp3) is 0.250. The predicted molar refractivity (Wildman–Crippen MR) is 120 cm³/mol. The summed E-state index contributed by atoms with van der Waals surface area (Å²) in [5, 5.41) is 2.77. The lowest BCUT2D eigenvalue weighted by atomic mass is 10.1. The fourth-order valence-electron chi connectivity index (χ4n) is 3.66. The van der Waals surface area contributed by atoms with Crippen molar-refractivity contribution < 1.29 is 9.53 Å². The summed E-state index contributed by atoms with van der Waals surface area (Å²) in [5.74, 6) is 1.07. The first-order valence-electron chi connectivity index (χ1n) is 10.4. The van der Waals surface area contributed by atoms with Gasteiger partial charge in [-0.15, -0.1) is 0 Å². The minimum absolute atomic E-state index is 0.0295. The SMILES string of the molecule is COc1ccc(CN(Cc2ccccc2)C(=O)CCc2c(C)nc3nc[nH]n3c2=O)cc1. The summed E-state index contributed by atoms with van der Waals surface area (Å²) in [6, 6.07) is 17.6. The third-order valence-corrected chi connectivity index (χ3v) is 5.42. The number of carbonyl (C=O) groups is 1. The summed E-state index contributed by atoms with van der Waals surface area (Å²) in [5.41, 5.74) is 2.95. The highest BCUT2D eigenvalue weighted by molar-refractivity contribution is 5.76. The first-order valence-corrected chi connectivity index (χ1v) is 10.4. The molecule has 4 rings (SSSR count). The van der Waals surface area contributed by atoms with E-state index < -0.39 is 0 Å². The van der Waals surface area contributed by atoms with E-state index in [2.05, 4.69) is 15.1 Å². The number of rotatable bonds is 8. The Kier molecular flexibility index (Phi) is 6.30. The summed E-state index contributed by atoms with van der Waals surface area (Å²) in [6.07, 6.45) is 1.95. The highest BCUT2D eigenvalue weighted by Crippen LogP contribution is 2.16. The van der Waals surface area contributed by atoms with Crippen LogP contribution >= 0.6 is 0 Å². The topological polar surface area (TPSA) is 92.6 Å². The quantitative estimate of drug-likeness (QED) is 0.463. The van der Waals surface area contributed by atoms with Crippen LogP contribution in [0.5, 0.6) is 5.75 Å². The fourth-order valence-corrected chi connectivity index (χ4v) is 3.66. The van der Waals surface area contributed by atoms with Crippen molar-refractivity contribution in [3.8, 4) is 5.75 Å². The van der Waals surface area contributed by atoms with E-state index in [1.54, 1.807) is 14.0 Å². The molecule has 2 heterocycles. The molecule has 0 aliphatic rings. The molecule has 0 saturated carbocycles. The molecule has 4 aromatic rings. The maximum atomic E-state index is 13.2. The van der Waals surface area contributed by atoms with Gasteiger partial charge in [0, 0.05) is 25.1 Å². The van der Waals surface area contributed by atoms with Gasteiger partial charge in [-0.1, -0.05) is 42.5 Å². The van der Waals surface area contributed by atoms with Crippen molar-refractivity contribution >= 4 is 11.7 Å². The molecule has 1 N–H and O–H groups in total. The Morgan fingerprint density at radius 1 is 1.06 bits per heavy atom. The second kappa shape index (κ2) is 9.47. The second-order valence-corrected chi connectivity index (χ2v) is 7.59. The highest BCUT2D eigenvalue weighted by Gasteiger charge is 2.18. The number of aryl methyl sites for hydroxylation is 1. The molecular weight excluding hydrogens is 406 g/mol. The average Bonchev–Trinajstić information content (AvgIpc) is 3.28. The van der Waals surface area contributed by atoms with E-state index in [4.69, 9.17) is 4.74 Å². The minimum atomic E-state index is -0.220. The van der Waals surface area contributed by atoms with Crippen LogP contribution in [0.15, 0.2) is 65.7 Å². The summed E-state index contributed by atoms with van der Waals surface area (Å²) >= 11 is 0. The van der Waals surface area contributed by atoms with Crippen LogP contribution < -0.4 is 10.3 Å². The third-order valence-electron chi connectivity index (χ3n) is 5.42. The lowest BCUT2D eigenvalue weighted by molar-refractivity contribution is -0.132. The van der Waals surface area contributed by atoms with Crippen LogP contribution in [0.25, 0.3) is 5.78 Å². The van der Waals surface area contributed by atoms with Crippen LogP contribution in [0, 0.1) is 6.92 Å². The van der Waals surface area contributed by atoms with Crippen molar-refractivity contribution in [3.63, 3.8) is 0 Å². The Bertz CT molecular complexity index is 1260. The van der Waals surface area contributed by atoms with E-state index in [-0.39, 0.29) is 17.9 Å². The maximum Gasteiger partial charge on any atom is 0.277 e. The van der Waals surface area contributed by atoms with E-state index in [1.807, 2.05) is 59.5 Å². The molecule has 164 valence electrons. The molecule has 0 saturated heterocycles. The van der Waals surface area contributed by atoms with Gasteiger partial charge in [0.25, 0.3) is 11.3 Å². The zero-order valence-corrected chi connectivity index (χ0v) is 18.1. The Hall–Kier alpha value is -3.94. The number of amides is 1. The van der Waals surface area contributed by atoms with Crippen LogP contribution in [-0.2, 0) is 24.3 Å². The van der Waals surface area contributed by atoms with Gasteiger partial charge in [-0.25, -0.2) is 9.97 Å². The van der Waals surface area contributed by atoms with Crippen LogP contribution in [0.4, 0.5) is 0 Å². The van der Waals surface area contributed by atoms with Crippen LogP contribution in [0.3, 0.4) is 0 Å². The zero-order valence-electron chi connectivity index (χ0n) is 18.1. The lowest BCUT2D eigenvalue weighted by Crippen LogP contribution is -2.31. The molecule has 0 aliphatic carbocycles. The van der Waals surface area contributed by atoms with Gasteiger partial charge in [0.2, 0.25) is 5.91 Å². The number of hydrogen-bond donors (Lipinski definition) is 1. The van der Waals surface area contributed by atoms with Gasteiger partial charge in [-0.3, -0.25) is 14.7 Å². The monoisotopic (exact) mass is 431 g/mol. The Morgan fingerprint density at radius 3 is 2.44 bits per heavy atom. The number of nitrogens with zero attached hydrogens (tertiary/aromatic N) is 4. The average molecular weight is 431 g/mol. The van der Waals surface area contributed by atoms with E-state index in [0.29, 0.717) is 36.5 Å². The smallest absolute Gasteiger partial charge is 0.277 e. The number of hydrogen-bond acceptors (Lipinski definition) is 5. The van der Waals surface area contributed by atoms with Gasteiger partial charge in [-0.05, 0) is 36.6 Å². The minimum Gasteiger partial charge on any atom is -0.497 e. The van der Waals surface area contributed by atoms with Crippen molar-refractivity contribution in [1.29, 1.82) is 0 Å². The molecule has 0 atom stereocenters. The molecule has 1 amide bonds. The first kappa shape index (κ1) is 21.3. The van der Waals surface area contributed by atoms with Crippen LogP contribution in [-0.4, -0.2) is 37.5 Å². The molecule has 32 heavy (non-hydrogen) atoms. The van der Waals surface area contributed by atoms with Gasteiger partial charge < -0.3 is 9.64 Å². The molecule has 0 unspecified atom stereocenters. The van der Waals surface area contributed by atoms with Crippen molar-refractivity contribution in [1.82, 2.24) is 24.5 Å². The molecule has 0 aliphatic heterocycles. The Labute approximate surface area is 185 Å². The molecular formula is C24H25N5O3. The van der Waals surface area contributed by atoms with E-state index >= 15 is 0 Å². The number of methoxy groups -OCH3 is 1. The maximum absolute atomic E-state index is 13.2. The van der Waals surface area contributed by atoms with Crippen LogP contribution in [0.2, 0.25) is 0 Å². The van der Waals surface area contributed by atoms with Gasteiger partial charge in [0.15, 0.2) is 0 Å². The van der Waals surface area contributed by atoms with Gasteiger partial charge in [-0.2, -0.15) is 4.52 Å². The molecule has 0 fully saturated rings. The third kappa shape index (κ3) is 4.69. The molecule has 2 aromatic carbocycles. The molecule has 8 heteroatoms. The Balaban J connectivity index is 1.53. The molecule has 2 aromatic heterocycles. The van der Waals surface area contributed by atoms with Crippen molar-refractivity contribution in [2.24, 2.45) is 0 Å². The summed E-state index contributed by atoms with van der Waals surface area (Å²) in [7, 11) is 1.63. The van der Waals surface area contributed by atoms with Crippen molar-refractivity contribution in [3.05, 3.63) is 93.7 Å².